The summed E-state index contributed by atoms with van der Waals surface area (Å²) in [5, 5.41) is 0. The predicted molar refractivity (Wildman–Crippen MR) is 60.8 cm³/mol. The third-order valence-electron chi connectivity index (χ3n) is 2.01. The van der Waals surface area contributed by atoms with Crippen molar-refractivity contribution in [3.63, 3.8) is 0 Å². The molecular weight excluding hydrogens is 226 g/mol. The Morgan fingerprint density at radius 2 is 1.94 bits per heavy atom. The summed E-state index contributed by atoms with van der Waals surface area (Å²) in [5.74, 6) is 0.321. The minimum Gasteiger partial charge on any atom is -0.277 e. The van der Waals surface area contributed by atoms with Crippen molar-refractivity contribution in [3.05, 3.63) is 42.9 Å². The number of hydrogen-bond donors (Lipinski definition) is 1. The fourth-order valence-electron chi connectivity index (χ4n) is 1.31. The Morgan fingerprint density at radius 1 is 1.25 bits per heavy atom. The predicted octanol–water partition coefficient (Wildman–Crippen LogP) is 1.16. The molecule has 2 aromatic rings. The van der Waals surface area contributed by atoms with Gasteiger partial charge in [0.1, 0.15) is 4.90 Å². The van der Waals surface area contributed by atoms with E-state index in [1.807, 2.05) is 12.1 Å². The Hall–Kier alpha value is -1.82. The van der Waals surface area contributed by atoms with Crippen molar-refractivity contribution in [1.82, 2.24) is 9.66 Å². The molecule has 5 nitrogen and oxygen atoms in total. The summed E-state index contributed by atoms with van der Waals surface area (Å²) >= 11 is 0. The van der Waals surface area contributed by atoms with Gasteiger partial charge in [-0.2, -0.15) is 0 Å². The Labute approximate surface area is 93.6 Å². The number of hydrogen-bond acceptors (Lipinski definition) is 4. The number of nitrogens with one attached hydrogen (secondary N) is 1. The average Bonchev–Trinajstić information content (AvgIpc) is 2.70. The molecule has 2 rings (SSSR count). The molecule has 2 aromatic heterocycles. The summed E-state index contributed by atoms with van der Waals surface area (Å²) in [6.07, 6.45) is 6.23. The van der Waals surface area contributed by atoms with Gasteiger partial charge in [0.2, 0.25) is 0 Å². The highest BCUT2D eigenvalue weighted by Crippen LogP contribution is 2.17. The van der Waals surface area contributed by atoms with Crippen molar-refractivity contribution >= 4 is 15.7 Å². The van der Waals surface area contributed by atoms with Crippen molar-refractivity contribution in [3.8, 4) is 0 Å². The molecule has 0 aliphatic carbocycles. The Morgan fingerprint density at radius 3 is 2.56 bits per heavy atom. The maximum absolute atomic E-state index is 11.5. The molecule has 0 atom stereocenters. The standard InChI is InChI=1S/C10H11N3O2S/c1-16(14,15)9-5-4-6-11-10(9)12-13-7-2-3-8-13/h2-8H,1H3,(H,11,12). The maximum Gasteiger partial charge on any atom is 0.179 e. The second-order valence-electron chi connectivity index (χ2n) is 3.32. The number of anilines is 1. The SMILES string of the molecule is CS(=O)(=O)c1cccnc1Nn1cccc1. The van der Waals surface area contributed by atoms with Crippen LogP contribution in [0.3, 0.4) is 0 Å². The lowest BCUT2D eigenvalue weighted by Gasteiger charge is -2.09. The van der Waals surface area contributed by atoms with E-state index in [9.17, 15) is 8.42 Å². The molecule has 0 saturated carbocycles. The first-order chi connectivity index (χ1) is 7.57. The van der Waals surface area contributed by atoms with Gasteiger partial charge in [-0.15, -0.1) is 0 Å². The Kier molecular flexibility index (Phi) is 2.66. The van der Waals surface area contributed by atoms with Gasteiger partial charge in [0.15, 0.2) is 15.7 Å². The molecule has 0 bridgehead atoms. The van der Waals surface area contributed by atoms with Crippen molar-refractivity contribution in [2.24, 2.45) is 0 Å². The van der Waals surface area contributed by atoms with Crippen LogP contribution in [-0.4, -0.2) is 24.3 Å². The first-order valence-electron chi connectivity index (χ1n) is 4.62. The van der Waals surface area contributed by atoms with Crippen LogP contribution in [0.1, 0.15) is 0 Å². The quantitative estimate of drug-likeness (QED) is 0.870. The monoisotopic (exact) mass is 237 g/mol. The van der Waals surface area contributed by atoms with Gasteiger partial charge >= 0.3 is 0 Å². The molecule has 0 amide bonds. The number of sulfone groups is 1. The summed E-state index contributed by atoms with van der Waals surface area (Å²) in [4.78, 5) is 4.19. The zero-order valence-corrected chi connectivity index (χ0v) is 9.48. The maximum atomic E-state index is 11.5. The van der Waals surface area contributed by atoms with Crippen molar-refractivity contribution < 1.29 is 8.42 Å². The number of nitrogens with zero attached hydrogens (tertiary/aromatic N) is 2. The molecule has 84 valence electrons. The van der Waals surface area contributed by atoms with Crippen LogP contribution in [0, 0.1) is 0 Å². The molecule has 0 saturated heterocycles. The van der Waals surface area contributed by atoms with E-state index >= 15 is 0 Å². The van der Waals surface area contributed by atoms with Crippen LogP contribution < -0.4 is 5.43 Å². The van der Waals surface area contributed by atoms with Gasteiger partial charge in [0.25, 0.3) is 0 Å². The molecule has 0 spiro atoms. The second-order valence-corrected chi connectivity index (χ2v) is 5.31. The summed E-state index contributed by atoms with van der Waals surface area (Å²) in [6, 6.07) is 6.78. The van der Waals surface area contributed by atoms with E-state index in [1.165, 1.54) is 6.07 Å². The molecule has 0 aliphatic heterocycles. The van der Waals surface area contributed by atoms with E-state index in [0.29, 0.717) is 5.82 Å². The van der Waals surface area contributed by atoms with Crippen LogP contribution in [0.15, 0.2) is 47.8 Å². The van der Waals surface area contributed by atoms with Gasteiger partial charge in [-0.3, -0.25) is 10.1 Å². The van der Waals surface area contributed by atoms with Crippen molar-refractivity contribution in [2.45, 2.75) is 4.90 Å². The summed E-state index contributed by atoms with van der Waals surface area (Å²) in [7, 11) is -3.27. The van der Waals surface area contributed by atoms with Crippen LogP contribution in [0.5, 0.6) is 0 Å². The highest BCUT2D eigenvalue weighted by Gasteiger charge is 2.13. The van der Waals surface area contributed by atoms with Crippen LogP contribution >= 0.6 is 0 Å². The minimum absolute atomic E-state index is 0.184. The first-order valence-corrected chi connectivity index (χ1v) is 6.51. The van der Waals surface area contributed by atoms with E-state index in [1.54, 1.807) is 29.3 Å². The fourth-order valence-corrected chi connectivity index (χ4v) is 2.08. The lowest BCUT2D eigenvalue weighted by Crippen LogP contribution is -2.11. The molecule has 0 aliphatic rings. The van der Waals surface area contributed by atoms with Gasteiger partial charge in [0, 0.05) is 24.8 Å². The number of rotatable bonds is 3. The average molecular weight is 237 g/mol. The van der Waals surface area contributed by atoms with Gasteiger partial charge < -0.3 is 0 Å². The molecule has 0 radical (unpaired) electrons. The molecule has 2 heterocycles. The molecular formula is C10H11N3O2S. The molecule has 16 heavy (non-hydrogen) atoms. The van der Waals surface area contributed by atoms with Gasteiger partial charge in [-0.25, -0.2) is 13.4 Å². The zero-order chi connectivity index (χ0) is 11.6. The van der Waals surface area contributed by atoms with Crippen LogP contribution in [-0.2, 0) is 9.84 Å². The van der Waals surface area contributed by atoms with Crippen LogP contribution in [0.25, 0.3) is 0 Å². The van der Waals surface area contributed by atoms with E-state index < -0.39 is 9.84 Å². The zero-order valence-electron chi connectivity index (χ0n) is 8.66. The van der Waals surface area contributed by atoms with E-state index in [4.69, 9.17) is 0 Å². The molecule has 1 N–H and O–H groups in total. The van der Waals surface area contributed by atoms with Gasteiger partial charge in [0.05, 0.1) is 0 Å². The Bertz CT molecular complexity index is 576. The van der Waals surface area contributed by atoms with Crippen molar-refractivity contribution in [2.75, 3.05) is 11.7 Å². The lowest BCUT2D eigenvalue weighted by atomic mass is 10.5. The second kappa shape index (κ2) is 3.97. The van der Waals surface area contributed by atoms with E-state index in [2.05, 4.69) is 10.4 Å². The summed E-state index contributed by atoms with van der Waals surface area (Å²) < 4.78 is 24.6. The third kappa shape index (κ3) is 2.22. The molecule has 0 unspecified atom stereocenters. The topological polar surface area (TPSA) is 64.0 Å². The largest absolute Gasteiger partial charge is 0.277 e. The van der Waals surface area contributed by atoms with Gasteiger partial charge in [-0.1, -0.05) is 0 Å². The van der Waals surface area contributed by atoms with Gasteiger partial charge in [-0.05, 0) is 24.3 Å². The summed E-state index contributed by atoms with van der Waals surface area (Å²) in [5.41, 5.74) is 2.89. The first kappa shape index (κ1) is 10.7. The van der Waals surface area contributed by atoms with Crippen LogP contribution in [0.2, 0.25) is 0 Å². The fraction of sp³-hybridized carbons (Fsp3) is 0.100. The normalized spacial score (nSPS) is 11.3. The molecule has 0 aromatic carbocycles. The van der Waals surface area contributed by atoms with Crippen molar-refractivity contribution in [1.29, 1.82) is 0 Å². The molecule has 6 heteroatoms. The van der Waals surface area contributed by atoms with E-state index in [-0.39, 0.29) is 4.90 Å². The van der Waals surface area contributed by atoms with E-state index in [0.717, 1.165) is 6.26 Å². The Balaban J connectivity index is 2.42. The smallest absolute Gasteiger partial charge is 0.179 e. The third-order valence-corrected chi connectivity index (χ3v) is 3.14. The number of pyridine rings is 1. The summed E-state index contributed by atoms with van der Waals surface area (Å²) in [6.45, 7) is 0. The number of aromatic nitrogens is 2. The minimum atomic E-state index is -3.27. The highest BCUT2D eigenvalue weighted by molar-refractivity contribution is 7.90. The molecule has 0 fully saturated rings. The van der Waals surface area contributed by atoms with Crippen LogP contribution in [0.4, 0.5) is 5.82 Å². The highest BCUT2D eigenvalue weighted by atomic mass is 32.2. The lowest BCUT2D eigenvalue weighted by molar-refractivity contribution is 0.601.